The van der Waals surface area contributed by atoms with Crippen LogP contribution in [0.3, 0.4) is 0 Å². The van der Waals surface area contributed by atoms with Gasteiger partial charge in [-0.3, -0.25) is 4.79 Å². The van der Waals surface area contributed by atoms with Crippen LogP contribution in [0.1, 0.15) is 65.7 Å². The molecule has 0 saturated carbocycles. The molecular formula is C13H27NO. The van der Waals surface area contributed by atoms with Gasteiger partial charge in [-0.15, -0.1) is 0 Å². The van der Waals surface area contributed by atoms with Crippen LogP contribution in [0.25, 0.3) is 0 Å². The molecule has 0 aromatic carbocycles. The van der Waals surface area contributed by atoms with Crippen molar-refractivity contribution in [2.45, 2.75) is 71.8 Å². The zero-order chi connectivity index (χ0) is 11.7. The third-order valence-electron chi connectivity index (χ3n) is 3.05. The number of rotatable bonds is 9. The Hall–Kier alpha value is -0.370. The number of hydrogen-bond acceptors (Lipinski definition) is 2. The van der Waals surface area contributed by atoms with Crippen molar-refractivity contribution in [2.75, 3.05) is 0 Å². The van der Waals surface area contributed by atoms with E-state index in [4.69, 9.17) is 5.73 Å². The Balaban J connectivity index is 3.88. The maximum atomic E-state index is 11.7. The van der Waals surface area contributed by atoms with Gasteiger partial charge in [-0.25, -0.2) is 0 Å². The van der Waals surface area contributed by atoms with Crippen LogP contribution >= 0.6 is 0 Å². The molecule has 0 rings (SSSR count). The number of nitrogens with two attached hydrogens (primary N) is 1. The molecule has 2 N–H and O–H groups in total. The SMILES string of the molecule is CCCCC(CC)CC(=O)C(N)CCC. The van der Waals surface area contributed by atoms with Crippen LogP contribution in [0.4, 0.5) is 0 Å². The summed E-state index contributed by atoms with van der Waals surface area (Å²) in [5.74, 6) is 0.820. The van der Waals surface area contributed by atoms with Crippen LogP contribution in [0, 0.1) is 5.92 Å². The van der Waals surface area contributed by atoms with Crippen molar-refractivity contribution in [3.63, 3.8) is 0 Å². The maximum Gasteiger partial charge on any atom is 0.149 e. The summed E-state index contributed by atoms with van der Waals surface area (Å²) in [6.45, 7) is 6.43. The van der Waals surface area contributed by atoms with Gasteiger partial charge in [0.2, 0.25) is 0 Å². The molecule has 0 heterocycles. The van der Waals surface area contributed by atoms with Gasteiger partial charge in [-0.05, 0) is 12.3 Å². The average Bonchev–Trinajstić information content (AvgIpc) is 2.24. The standard InChI is InChI=1S/C13H27NO/c1-4-7-9-11(6-3)10-13(15)12(14)8-5-2/h11-12H,4-10,14H2,1-3H3. The Labute approximate surface area is 94.6 Å². The summed E-state index contributed by atoms with van der Waals surface area (Å²) in [5.41, 5.74) is 5.81. The highest BCUT2D eigenvalue weighted by atomic mass is 16.1. The highest BCUT2D eigenvalue weighted by molar-refractivity contribution is 5.83. The van der Waals surface area contributed by atoms with Gasteiger partial charge in [0.05, 0.1) is 6.04 Å². The number of hydrogen-bond donors (Lipinski definition) is 1. The largest absolute Gasteiger partial charge is 0.322 e. The molecule has 0 radical (unpaired) electrons. The second kappa shape index (κ2) is 8.90. The molecule has 2 nitrogen and oxygen atoms in total. The molecule has 0 aliphatic carbocycles. The molecule has 2 heteroatoms. The van der Waals surface area contributed by atoms with Crippen LogP contribution in [0.2, 0.25) is 0 Å². The van der Waals surface area contributed by atoms with Crippen molar-refractivity contribution >= 4 is 5.78 Å². The van der Waals surface area contributed by atoms with Gasteiger partial charge in [-0.2, -0.15) is 0 Å². The summed E-state index contributed by atoms with van der Waals surface area (Å²) in [6.07, 6.45) is 7.25. The third kappa shape index (κ3) is 6.67. The number of carbonyl (C=O) groups excluding carboxylic acids is 1. The molecule has 0 saturated heterocycles. The monoisotopic (exact) mass is 213 g/mol. The van der Waals surface area contributed by atoms with Gasteiger partial charge >= 0.3 is 0 Å². The van der Waals surface area contributed by atoms with Gasteiger partial charge in [0.1, 0.15) is 5.78 Å². The molecule has 0 aromatic rings. The number of Topliss-reactive ketones (excluding diaryl/α,β-unsaturated/α-hetero) is 1. The van der Waals surface area contributed by atoms with E-state index in [1.165, 1.54) is 19.3 Å². The fourth-order valence-corrected chi connectivity index (χ4v) is 1.85. The summed E-state index contributed by atoms with van der Waals surface area (Å²) in [6, 6.07) is -0.217. The summed E-state index contributed by atoms with van der Waals surface area (Å²) >= 11 is 0. The van der Waals surface area contributed by atoms with Crippen molar-refractivity contribution in [3.8, 4) is 0 Å². The van der Waals surface area contributed by atoms with E-state index in [9.17, 15) is 4.79 Å². The fraction of sp³-hybridized carbons (Fsp3) is 0.923. The fourth-order valence-electron chi connectivity index (χ4n) is 1.85. The first-order valence-corrected chi connectivity index (χ1v) is 6.43. The van der Waals surface area contributed by atoms with Crippen LogP contribution < -0.4 is 5.73 Å². The Morgan fingerprint density at radius 1 is 1.13 bits per heavy atom. The average molecular weight is 213 g/mol. The summed E-state index contributed by atoms with van der Waals surface area (Å²) in [7, 11) is 0. The highest BCUT2D eigenvalue weighted by Gasteiger charge is 2.17. The lowest BCUT2D eigenvalue weighted by molar-refractivity contribution is -0.121. The summed E-state index contributed by atoms with van der Waals surface area (Å²) in [5, 5.41) is 0. The van der Waals surface area contributed by atoms with Crippen LogP contribution in [0.5, 0.6) is 0 Å². The van der Waals surface area contributed by atoms with Gasteiger partial charge < -0.3 is 5.73 Å². The predicted molar refractivity (Wildman–Crippen MR) is 65.8 cm³/mol. The number of carbonyl (C=O) groups is 1. The van der Waals surface area contributed by atoms with Crippen molar-refractivity contribution in [1.29, 1.82) is 0 Å². The van der Waals surface area contributed by atoms with Gasteiger partial charge in [0.15, 0.2) is 0 Å². The zero-order valence-corrected chi connectivity index (χ0v) is 10.6. The Bertz CT molecular complexity index is 168. The molecule has 0 aliphatic rings. The molecule has 0 aliphatic heterocycles. The molecule has 2 unspecified atom stereocenters. The van der Waals surface area contributed by atoms with E-state index < -0.39 is 0 Å². The van der Waals surface area contributed by atoms with Crippen molar-refractivity contribution in [2.24, 2.45) is 11.7 Å². The first-order valence-electron chi connectivity index (χ1n) is 6.43. The Morgan fingerprint density at radius 2 is 1.80 bits per heavy atom. The normalized spacial score (nSPS) is 14.9. The quantitative estimate of drug-likeness (QED) is 0.638. The molecule has 0 fully saturated rings. The van der Waals surface area contributed by atoms with E-state index in [1.807, 2.05) is 0 Å². The molecule has 0 spiro atoms. The Morgan fingerprint density at radius 3 is 2.27 bits per heavy atom. The Kier molecular flexibility index (Phi) is 8.68. The van der Waals surface area contributed by atoms with Crippen molar-refractivity contribution in [3.05, 3.63) is 0 Å². The van der Waals surface area contributed by atoms with Crippen LogP contribution in [0.15, 0.2) is 0 Å². The molecule has 0 bridgehead atoms. The van der Waals surface area contributed by atoms with E-state index in [-0.39, 0.29) is 11.8 Å². The molecule has 90 valence electrons. The van der Waals surface area contributed by atoms with Crippen molar-refractivity contribution < 1.29 is 4.79 Å². The van der Waals surface area contributed by atoms with Crippen LogP contribution in [-0.2, 0) is 4.79 Å². The predicted octanol–water partition coefficient (Wildman–Crippen LogP) is 3.29. The minimum Gasteiger partial charge on any atom is -0.322 e. The molecule has 0 aromatic heterocycles. The van der Waals surface area contributed by atoms with E-state index in [2.05, 4.69) is 20.8 Å². The second-order valence-corrected chi connectivity index (χ2v) is 4.48. The van der Waals surface area contributed by atoms with E-state index in [0.29, 0.717) is 12.3 Å². The summed E-state index contributed by atoms with van der Waals surface area (Å²) in [4.78, 5) is 11.7. The minimum atomic E-state index is -0.217. The topological polar surface area (TPSA) is 43.1 Å². The highest BCUT2D eigenvalue weighted by Crippen LogP contribution is 2.18. The second-order valence-electron chi connectivity index (χ2n) is 4.48. The van der Waals surface area contributed by atoms with Gasteiger partial charge in [-0.1, -0.05) is 52.9 Å². The van der Waals surface area contributed by atoms with E-state index in [0.717, 1.165) is 19.3 Å². The third-order valence-corrected chi connectivity index (χ3v) is 3.05. The molecule has 15 heavy (non-hydrogen) atoms. The molecular weight excluding hydrogens is 186 g/mol. The molecule has 2 atom stereocenters. The maximum absolute atomic E-state index is 11.7. The smallest absolute Gasteiger partial charge is 0.149 e. The number of unbranched alkanes of at least 4 members (excludes halogenated alkanes) is 1. The first kappa shape index (κ1) is 14.6. The van der Waals surface area contributed by atoms with Gasteiger partial charge in [0.25, 0.3) is 0 Å². The van der Waals surface area contributed by atoms with Crippen LogP contribution in [-0.4, -0.2) is 11.8 Å². The summed E-state index contributed by atoms with van der Waals surface area (Å²) < 4.78 is 0. The van der Waals surface area contributed by atoms with Gasteiger partial charge in [0, 0.05) is 6.42 Å². The lowest BCUT2D eigenvalue weighted by atomic mass is 9.91. The lowest BCUT2D eigenvalue weighted by Gasteiger charge is -2.16. The minimum absolute atomic E-state index is 0.217. The van der Waals surface area contributed by atoms with Crippen molar-refractivity contribution in [1.82, 2.24) is 0 Å². The number of ketones is 1. The lowest BCUT2D eigenvalue weighted by Crippen LogP contribution is -2.31. The first-order chi connectivity index (χ1) is 7.15. The van der Waals surface area contributed by atoms with E-state index >= 15 is 0 Å². The molecule has 0 amide bonds. The zero-order valence-electron chi connectivity index (χ0n) is 10.6. The van der Waals surface area contributed by atoms with E-state index in [1.54, 1.807) is 0 Å².